The van der Waals surface area contributed by atoms with Crippen LogP contribution in [0.25, 0.3) is 10.2 Å². The van der Waals surface area contributed by atoms with Gasteiger partial charge in [-0.3, -0.25) is 4.68 Å². The quantitative estimate of drug-likeness (QED) is 0.472. The van der Waals surface area contributed by atoms with E-state index in [0.29, 0.717) is 12.0 Å². The van der Waals surface area contributed by atoms with E-state index >= 15 is 0 Å². The molecule has 2 aliphatic heterocycles. The van der Waals surface area contributed by atoms with Crippen LogP contribution in [0.15, 0.2) is 59.3 Å². The van der Waals surface area contributed by atoms with Gasteiger partial charge in [-0.25, -0.2) is 9.99 Å². The van der Waals surface area contributed by atoms with Gasteiger partial charge in [0.05, 0.1) is 34.2 Å². The average Bonchev–Trinajstić information content (AvgIpc) is 3.60. The molecule has 162 valence electrons. The summed E-state index contributed by atoms with van der Waals surface area (Å²) in [5, 5.41) is 20.1. The van der Waals surface area contributed by atoms with Gasteiger partial charge in [-0.1, -0.05) is 30.3 Å². The van der Waals surface area contributed by atoms with Crippen LogP contribution >= 0.6 is 11.3 Å². The maximum Gasteiger partial charge on any atom is 0.229 e. The molecule has 2 N–H and O–H groups in total. The van der Waals surface area contributed by atoms with E-state index in [9.17, 15) is 0 Å². The van der Waals surface area contributed by atoms with Crippen molar-refractivity contribution in [3.05, 3.63) is 59.7 Å². The predicted molar refractivity (Wildman–Crippen MR) is 129 cm³/mol. The minimum absolute atomic E-state index is 0.131. The number of aromatic nitrogens is 4. The average molecular weight is 445 g/mol. The summed E-state index contributed by atoms with van der Waals surface area (Å²) >= 11 is 1.65. The van der Waals surface area contributed by atoms with E-state index in [1.165, 1.54) is 5.56 Å². The molecule has 5 heterocycles. The molecule has 0 saturated carbocycles. The van der Waals surface area contributed by atoms with E-state index in [-0.39, 0.29) is 6.04 Å². The Bertz CT molecular complexity index is 1240. The van der Waals surface area contributed by atoms with Crippen molar-refractivity contribution < 1.29 is 0 Å². The van der Waals surface area contributed by atoms with Gasteiger partial charge in [-0.2, -0.15) is 15.2 Å². The molecule has 1 unspecified atom stereocenters. The maximum atomic E-state index is 4.90. The zero-order chi connectivity index (χ0) is 21.3. The zero-order valence-corrected chi connectivity index (χ0v) is 18.4. The molecule has 9 heteroatoms. The summed E-state index contributed by atoms with van der Waals surface area (Å²) in [6.45, 7) is 2.07. The van der Waals surface area contributed by atoms with E-state index in [1.807, 2.05) is 29.6 Å². The summed E-state index contributed by atoms with van der Waals surface area (Å²) in [6.07, 6.45) is 8.91. The molecular formula is C23H24N8S. The Morgan fingerprint density at radius 3 is 2.81 bits per heavy atom. The van der Waals surface area contributed by atoms with E-state index in [1.54, 1.807) is 11.3 Å². The van der Waals surface area contributed by atoms with Gasteiger partial charge in [0.25, 0.3) is 0 Å². The van der Waals surface area contributed by atoms with Crippen molar-refractivity contribution in [3.8, 4) is 0 Å². The predicted octanol–water partition coefficient (Wildman–Crippen LogP) is 4.49. The van der Waals surface area contributed by atoms with Gasteiger partial charge in [0.15, 0.2) is 5.82 Å². The van der Waals surface area contributed by atoms with Crippen LogP contribution in [-0.4, -0.2) is 39.1 Å². The van der Waals surface area contributed by atoms with Crippen LogP contribution < -0.4 is 15.6 Å². The van der Waals surface area contributed by atoms with Crippen LogP contribution in [0.3, 0.4) is 0 Å². The number of nitrogens with zero attached hydrogens (tertiary/aromatic N) is 6. The Kier molecular flexibility index (Phi) is 5.05. The van der Waals surface area contributed by atoms with Crippen molar-refractivity contribution in [1.82, 2.24) is 25.1 Å². The molecule has 0 bridgehead atoms. The molecule has 8 nitrogen and oxygen atoms in total. The molecule has 1 aromatic carbocycles. The van der Waals surface area contributed by atoms with Gasteiger partial charge in [0.1, 0.15) is 0 Å². The fourth-order valence-electron chi connectivity index (χ4n) is 4.43. The summed E-state index contributed by atoms with van der Waals surface area (Å²) in [5.41, 5.74) is 3.04. The summed E-state index contributed by atoms with van der Waals surface area (Å²) in [7, 11) is 0. The van der Waals surface area contributed by atoms with Crippen LogP contribution in [-0.2, 0) is 0 Å². The molecule has 0 radical (unpaired) electrons. The van der Waals surface area contributed by atoms with E-state index in [0.717, 1.165) is 54.1 Å². The molecule has 1 fully saturated rings. The van der Waals surface area contributed by atoms with Gasteiger partial charge in [-0.15, -0.1) is 11.3 Å². The van der Waals surface area contributed by atoms with Crippen LogP contribution in [0.5, 0.6) is 0 Å². The first kappa shape index (κ1) is 19.4. The number of anilines is 3. The normalized spacial score (nSPS) is 19.1. The van der Waals surface area contributed by atoms with Gasteiger partial charge < -0.3 is 10.6 Å². The number of fused-ring (bicyclic) bond motifs is 1. The van der Waals surface area contributed by atoms with Gasteiger partial charge in [0, 0.05) is 18.8 Å². The Morgan fingerprint density at radius 1 is 1.06 bits per heavy atom. The molecule has 4 aromatic rings. The molecule has 1 saturated heterocycles. The molecular weight excluding hydrogens is 420 g/mol. The van der Waals surface area contributed by atoms with Gasteiger partial charge in [-0.05, 0) is 42.9 Å². The third-order valence-electron chi connectivity index (χ3n) is 6.06. The number of rotatable bonds is 5. The van der Waals surface area contributed by atoms with Crippen LogP contribution in [0.2, 0.25) is 0 Å². The molecule has 0 aliphatic carbocycles. The lowest BCUT2D eigenvalue weighted by Crippen LogP contribution is -2.29. The first-order chi connectivity index (χ1) is 15.8. The van der Waals surface area contributed by atoms with Crippen molar-refractivity contribution in [3.63, 3.8) is 0 Å². The SMILES string of the molecule is C1=NN(c2nc(Nc3cnn(C4CCNCC4)c3)nc3ccsc23)C(c2ccccc2)C1. The first-order valence-electron chi connectivity index (χ1n) is 11.0. The van der Waals surface area contributed by atoms with Crippen LogP contribution in [0.1, 0.15) is 36.9 Å². The van der Waals surface area contributed by atoms with E-state index in [2.05, 4.69) is 61.4 Å². The Morgan fingerprint density at radius 2 is 1.94 bits per heavy atom. The Hall–Kier alpha value is -3.30. The van der Waals surface area contributed by atoms with Crippen LogP contribution in [0.4, 0.5) is 17.5 Å². The lowest BCUT2D eigenvalue weighted by Gasteiger charge is -2.24. The van der Waals surface area contributed by atoms with Crippen molar-refractivity contribution in [1.29, 1.82) is 0 Å². The lowest BCUT2D eigenvalue weighted by molar-refractivity contribution is 0.343. The Labute approximate surface area is 190 Å². The second-order valence-corrected chi connectivity index (χ2v) is 9.04. The van der Waals surface area contributed by atoms with Crippen LogP contribution in [0, 0.1) is 0 Å². The zero-order valence-electron chi connectivity index (χ0n) is 17.6. The number of hydrogen-bond acceptors (Lipinski definition) is 8. The number of thiophene rings is 1. The number of nitrogens with one attached hydrogen (secondary N) is 2. The van der Waals surface area contributed by atoms with Crippen molar-refractivity contribution in [2.24, 2.45) is 5.10 Å². The summed E-state index contributed by atoms with van der Waals surface area (Å²) < 4.78 is 3.10. The molecule has 0 amide bonds. The number of benzene rings is 1. The minimum atomic E-state index is 0.131. The fourth-order valence-corrected chi connectivity index (χ4v) is 5.24. The molecule has 2 aliphatic rings. The molecule has 32 heavy (non-hydrogen) atoms. The second-order valence-electron chi connectivity index (χ2n) is 8.13. The standard InChI is InChI=1S/C23H24N8S/c1-2-4-16(5-3-1)20-8-12-25-31(20)22-21-19(9-13-32-21)28-23(29-22)27-17-14-26-30(15-17)18-6-10-24-11-7-18/h1-5,9,12-15,18,20,24H,6-8,10-11H2,(H,27,28,29). The highest BCUT2D eigenvalue weighted by Crippen LogP contribution is 2.38. The first-order valence-corrected chi connectivity index (χ1v) is 11.9. The maximum absolute atomic E-state index is 4.90. The molecule has 0 spiro atoms. The monoisotopic (exact) mass is 444 g/mol. The number of hydrogen-bond donors (Lipinski definition) is 2. The summed E-state index contributed by atoms with van der Waals surface area (Å²) in [5.74, 6) is 1.39. The van der Waals surface area contributed by atoms with Crippen molar-refractivity contribution in [2.75, 3.05) is 23.4 Å². The fraction of sp³-hybridized carbons (Fsp3) is 0.304. The minimum Gasteiger partial charge on any atom is -0.321 e. The van der Waals surface area contributed by atoms with E-state index < -0.39 is 0 Å². The molecule has 6 rings (SSSR count). The summed E-state index contributed by atoms with van der Waals surface area (Å²) in [6, 6.07) is 13.1. The highest BCUT2D eigenvalue weighted by atomic mass is 32.1. The van der Waals surface area contributed by atoms with E-state index in [4.69, 9.17) is 9.97 Å². The lowest BCUT2D eigenvalue weighted by atomic mass is 10.0. The highest BCUT2D eigenvalue weighted by molar-refractivity contribution is 7.17. The summed E-state index contributed by atoms with van der Waals surface area (Å²) in [4.78, 5) is 9.65. The number of piperidine rings is 1. The third-order valence-corrected chi connectivity index (χ3v) is 6.96. The molecule has 1 atom stereocenters. The van der Waals surface area contributed by atoms with Crippen molar-refractivity contribution >= 4 is 45.2 Å². The largest absolute Gasteiger partial charge is 0.321 e. The molecule has 3 aromatic heterocycles. The topological polar surface area (TPSA) is 83.3 Å². The number of hydrazone groups is 1. The van der Waals surface area contributed by atoms with Gasteiger partial charge in [0.2, 0.25) is 5.95 Å². The van der Waals surface area contributed by atoms with Crippen molar-refractivity contribution in [2.45, 2.75) is 31.3 Å². The third kappa shape index (κ3) is 3.63. The smallest absolute Gasteiger partial charge is 0.229 e. The highest BCUT2D eigenvalue weighted by Gasteiger charge is 2.28. The Balaban J connectivity index is 1.31. The van der Waals surface area contributed by atoms with Gasteiger partial charge >= 0.3 is 0 Å². The second kappa shape index (κ2) is 8.33.